The number of methoxy groups -OCH3 is 1. The Morgan fingerprint density at radius 1 is 1.15 bits per heavy atom. The number of rotatable bonds is 6. The summed E-state index contributed by atoms with van der Waals surface area (Å²) in [6, 6.07) is 12.4. The van der Waals surface area contributed by atoms with Crippen molar-refractivity contribution in [2.24, 2.45) is 0 Å². The Balaban J connectivity index is 1.40. The van der Waals surface area contributed by atoms with Gasteiger partial charge >= 0.3 is 6.03 Å². The number of anilines is 1. The van der Waals surface area contributed by atoms with Gasteiger partial charge in [0.15, 0.2) is 0 Å². The van der Waals surface area contributed by atoms with Crippen molar-refractivity contribution in [2.75, 3.05) is 45.4 Å². The number of halogens is 1. The summed E-state index contributed by atoms with van der Waals surface area (Å²) in [7, 11) is 3.43. The molecule has 33 heavy (non-hydrogen) atoms. The minimum Gasteiger partial charge on any atom is -0.489 e. The van der Waals surface area contributed by atoms with Gasteiger partial charge in [0.25, 0.3) is 0 Å². The molecule has 0 N–H and O–H groups in total. The van der Waals surface area contributed by atoms with E-state index in [-0.39, 0.29) is 11.8 Å². The maximum atomic E-state index is 14.4. The largest absolute Gasteiger partial charge is 0.489 e. The maximum absolute atomic E-state index is 14.4. The smallest absolute Gasteiger partial charge is 0.324 e. The molecule has 2 aromatic rings. The molecule has 0 aliphatic carbocycles. The topological polar surface area (TPSA) is 51.2 Å². The number of hydrogen-bond donors (Lipinski definition) is 0. The molecule has 0 unspecified atom stereocenters. The molecule has 176 valence electrons. The summed E-state index contributed by atoms with van der Waals surface area (Å²) in [5.41, 5.74) is 1.96. The number of carbonyl (C=O) groups is 1. The molecule has 2 amide bonds. The van der Waals surface area contributed by atoms with Crippen LogP contribution in [0.3, 0.4) is 0 Å². The lowest BCUT2D eigenvalue weighted by Crippen LogP contribution is -2.42. The van der Waals surface area contributed by atoms with Crippen LogP contribution in [0.15, 0.2) is 54.6 Å². The number of carbonyl (C=O) groups excluding carboxylic acids is 1. The van der Waals surface area contributed by atoms with Gasteiger partial charge in [-0.15, -0.1) is 0 Å². The Bertz CT molecular complexity index is 986. The van der Waals surface area contributed by atoms with Gasteiger partial charge in [-0.2, -0.15) is 0 Å². The zero-order chi connectivity index (χ0) is 23.3. The van der Waals surface area contributed by atoms with Crippen molar-refractivity contribution >= 4 is 11.7 Å². The summed E-state index contributed by atoms with van der Waals surface area (Å²) in [4.78, 5) is 16.2. The fourth-order valence-electron chi connectivity index (χ4n) is 4.34. The first kappa shape index (κ1) is 23.3. The molecule has 2 aliphatic heterocycles. The van der Waals surface area contributed by atoms with Crippen LogP contribution in [0.1, 0.15) is 30.4 Å². The highest BCUT2D eigenvalue weighted by atomic mass is 19.1. The summed E-state index contributed by atoms with van der Waals surface area (Å²) in [6.07, 6.45) is 6.35. The summed E-state index contributed by atoms with van der Waals surface area (Å²) in [5.74, 6) is 0.107. The fraction of sp³-hybridized carbons (Fsp3) is 0.423. The molecule has 0 radical (unpaired) electrons. The molecular formula is C26H31FN2O4. The summed E-state index contributed by atoms with van der Waals surface area (Å²) in [6.45, 7) is 2.83. The molecule has 2 heterocycles. The lowest BCUT2D eigenvalue weighted by Gasteiger charge is -2.36. The second-order valence-electron chi connectivity index (χ2n) is 8.49. The Morgan fingerprint density at radius 2 is 1.91 bits per heavy atom. The van der Waals surface area contributed by atoms with Gasteiger partial charge in [-0.3, -0.25) is 4.90 Å². The van der Waals surface area contributed by atoms with Crippen molar-refractivity contribution in [2.45, 2.75) is 31.5 Å². The van der Waals surface area contributed by atoms with Crippen molar-refractivity contribution in [1.29, 1.82) is 0 Å². The Hall–Kier alpha value is -2.90. The summed E-state index contributed by atoms with van der Waals surface area (Å²) < 4.78 is 31.5. The molecule has 2 aromatic carbocycles. The zero-order valence-electron chi connectivity index (χ0n) is 19.3. The second kappa shape index (κ2) is 10.4. The highest BCUT2D eigenvalue weighted by molar-refractivity contribution is 5.91. The monoisotopic (exact) mass is 454 g/mol. The fourth-order valence-corrected chi connectivity index (χ4v) is 4.34. The van der Waals surface area contributed by atoms with Crippen LogP contribution >= 0.6 is 0 Å². The Labute approximate surface area is 194 Å². The van der Waals surface area contributed by atoms with Crippen molar-refractivity contribution in [3.63, 3.8) is 0 Å². The van der Waals surface area contributed by atoms with E-state index in [1.165, 1.54) is 12.1 Å². The number of hydrogen-bond acceptors (Lipinski definition) is 4. The van der Waals surface area contributed by atoms with Crippen molar-refractivity contribution in [3.8, 4) is 5.75 Å². The predicted octanol–water partition coefficient (Wildman–Crippen LogP) is 4.87. The highest BCUT2D eigenvalue weighted by Gasteiger charge is 2.35. The zero-order valence-corrected chi connectivity index (χ0v) is 19.3. The normalized spacial score (nSPS) is 17.6. The van der Waals surface area contributed by atoms with Crippen LogP contribution in [-0.2, 0) is 21.7 Å². The molecule has 2 aliphatic rings. The SMILES string of the molecule is COC1(c2cc(F)cc(OCc3ccc(N(C)C(=O)N4CC=CCC4)cc3)c2)CCOCC1. The van der Waals surface area contributed by atoms with E-state index >= 15 is 0 Å². The minimum atomic E-state index is -0.554. The standard InChI is InChI=1S/C26H31FN2O4/c1-28(25(30)29-12-4-3-5-13-29)23-8-6-20(7-9-23)19-33-24-17-21(16-22(27)18-24)26(31-2)10-14-32-15-11-26/h3-4,6-9,16-18H,5,10-15,19H2,1-2H3. The van der Waals surface area contributed by atoms with E-state index in [2.05, 4.69) is 6.08 Å². The first-order chi connectivity index (χ1) is 16.0. The second-order valence-corrected chi connectivity index (χ2v) is 8.49. The van der Waals surface area contributed by atoms with Crippen molar-refractivity contribution in [1.82, 2.24) is 4.90 Å². The quantitative estimate of drug-likeness (QED) is 0.584. The van der Waals surface area contributed by atoms with Crippen LogP contribution in [-0.4, -0.2) is 51.4 Å². The molecule has 1 saturated heterocycles. The van der Waals surface area contributed by atoms with Gasteiger partial charge in [-0.05, 0) is 41.8 Å². The molecule has 6 nitrogen and oxygen atoms in total. The van der Waals surface area contributed by atoms with E-state index in [0.717, 1.165) is 29.8 Å². The maximum Gasteiger partial charge on any atom is 0.324 e. The number of amides is 2. The average Bonchev–Trinajstić information content (AvgIpc) is 2.87. The lowest BCUT2D eigenvalue weighted by atomic mass is 9.86. The third kappa shape index (κ3) is 5.37. The van der Waals surface area contributed by atoms with Gasteiger partial charge in [0.1, 0.15) is 18.2 Å². The predicted molar refractivity (Wildman–Crippen MR) is 125 cm³/mol. The van der Waals surface area contributed by atoms with Crippen LogP contribution in [0.4, 0.5) is 14.9 Å². The molecule has 7 heteroatoms. The van der Waals surface area contributed by atoms with Gasteiger partial charge in [0.05, 0.1) is 5.60 Å². The number of nitrogens with zero attached hydrogens (tertiary/aromatic N) is 2. The molecule has 0 atom stereocenters. The lowest BCUT2D eigenvalue weighted by molar-refractivity contribution is -0.0950. The number of ether oxygens (including phenoxy) is 3. The van der Waals surface area contributed by atoms with E-state index < -0.39 is 5.60 Å². The Morgan fingerprint density at radius 3 is 2.58 bits per heavy atom. The van der Waals surface area contributed by atoms with Crippen molar-refractivity contribution in [3.05, 3.63) is 71.6 Å². The first-order valence-corrected chi connectivity index (χ1v) is 11.3. The van der Waals surface area contributed by atoms with E-state index in [1.54, 1.807) is 19.1 Å². The molecular weight excluding hydrogens is 423 g/mol. The molecule has 0 bridgehead atoms. The summed E-state index contributed by atoms with van der Waals surface area (Å²) in [5, 5.41) is 0. The van der Waals surface area contributed by atoms with E-state index in [4.69, 9.17) is 14.2 Å². The molecule has 4 rings (SSSR count). The first-order valence-electron chi connectivity index (χ1n) is 11.3. The van der Waals surface area contributed by atoms with Gasteiger partial charge in [0, 0.05) is 65.1 Å². The molecule has 0 spiro atoms. The minimum absolute atomic E-state index is 0.0178. The average molecular weight is 455 g/mol. The van der Waals surface area contributed by atoms with Crippen LogP contribution < -0.4 is 9.64 Å². The third-order valence-electron chi connectivity index (χ3n) is 6.43. The van der Waals surface area contributed by atoms with Crippen LogP contribution in [0.2, 0.25) is 0 Å². The molecule has 0 aromatic heterocycles. The van der Waals surface area contributed by atoms with Gasteiger partial charge < -0.3 is 19.1 Å². The van der Waals surface area contributed by atoms with E-state index in [9.17, 15) is 9.18 Å². The third-order valence-corrected chi connectivity index (χ3v) is 6.43. The van der Waals surface area contributed by atoms with Gasteiger partial charge in [0.2, 0.25) is 0 Å². The molecule has 0 saturated carbocycles. The number of urea groups is 1. The van der Waals surface area contributed by atoms with Gasteiger partial charge in [-0.25, -0.2) is 9.18 Å². The van der Waals surface area contributed by atoms with Crippen LogP contribution in [0.25, 0.3) is 0 Å². The van der Waals surface area contributed by atoms with Crippen molar-refractivity contribution < 1.29 is 23.4 Å². The Kier molecular flexibility index (Phi) is 7.30. The van der Waals surface area contributed by atoms with E-state index in [0.29, 0.717) is 45.0 Å². The summed E-state index contributed by atoms with van der Waals surface area (Å²) >= 11 is 0. The molecule has 1 fully saturated rings. The van der Waals surface area contributed by atoms with Crippen LogP contribution in [0, 0.1) is 5.82 Å². The van der Waals surface area contributed by atoms with E-state index in [1.807, 2.05) is 41.3 Å². The number of benzene rings is 2. The van der Waals surface area contributed by atoms with Gasteiger partial charge in [-0.1, -0.05) is 24.3 Å². The highest BCUT2D eigenvalue weighted by Crippen LogP contribution is 2.37. The van der Waals surface area contributed by atoms with Crippen LogP contribution in [0.5, 0.6) is 5.75 Å².